The summed E-state index contributed by atoms with van der Waals surface area (Å²) in [5, 5.41) is 0. The van der Waals surface area contributed by atoms with E-state index in [1.54, 1.807) is 0 Å². The van der Waals surface area contributed by atoms with Crippen LogP contribution in [-0.4, -0.2) is 8.32 Å². The van der Waals surface area contributed by atoms with Gasteiger partial charge in [-0.3, -0.25) is 0 Å². The average Bonchev–Trinajstić information content (AvgIpc) is 2.27. The fourth-order valence-electron chi connectivity index (χ4n) is 1.08. The quantitative estimate of drug-likeness (QED) is 0.393. The van der Waals surface area contributed by atoms with Crippen molar-refractivity contribution in [2.24, 2.45) is 0 Å². The molecule has 0 fully saturated rings. The van der Waals surface area contributed by atoms with Crippen LogP contribution < -0.4 is 4.06 Å². The Balaban J connectivity index is 2.96. The first-order chi connectivity index (χ1) is 8.15. The van der Waals surface area contributed by atoms with Crippen molar-refractivity contribution in [3.63, 3.8) is 0 Å². The van der Waals surface area contributed by atoms with Crippen molar-refractivity contribution < 1.29 is 42.9 Å². The fraction of sp³-hybridized carbons (Fsp3) is 0.333. The predicted octanol–water partition coefficient (Wildman–Crippen LogP) is 3.56. The minimum atomic E-state index is -2.16. The van der Waals surface area contributed by atoms with Crippen molar-refractivity contribution in [1.29, 1.82) is 0 Å². The van der Waals surface area contributed by atoms with E-state index in [-0.39, 0.29) is 0 Å². The van der Waals surface area contributed by atoms with Gasteiger partial charge in [0.05, 0.1) is 0 Å². The number of hydrogen-bond acceptors (Lipinski definition) is 2. The second kappa shape index (κ2) is 5.63. The van der Waals surface area contributed by atoms with Crippen LogP contribution in [0.2, 0.25) is 19.6 Å². The van der Waals surface area contributed by atoms with Crippen molar-refractivity contribution in [2.75, 3.05) is 4.06 Å². The molecule has 0 aliphatic carbocycles. The number of hydrogen-bond donors (Lipinski definition) is 1. The molecule has 0 saturated carbocycles. The molecule has 0 saturated heterocycles. The summed E-state index contributed by atoms with van der Waals surface area (Å²) in [5.41, 5.74) is -0.996. The second-order valence-corrected chi connectivity index (χ2v) is 12.2. The van der Waals surface area contributed by atoms with Gasteiger partial charge in [-0.15, -0.1) is 0 Å². The number of benzene rings is 1. The SMILES string of the molecule is C[Si](C)(C)[O][Zn][NH]c1c(F)c(F)c(F)c(F)c1F. The van der Waals surface area contributed by atoms with Crippen LogP contribution in [0.15, 0.2) is 0 Å². The van der Waals surface area contributed by atoms with Crippen LogP contribution in [0.4, 0.5) is 27.6 Å². The summed E-state index contributed by atoms with van der Waals surface area (Å²) in [6.07, 6.45) is 0. The molecule has 1 rings (SSSR count). The standard InChI is InChI=1S/C6HF5N.C3H9OSi.Zn/c7-1-2(8)4(10)6(12)5(11)3(1)9;1-5(2,3)4;/h12H;1-3H3;/q2*-1;+2. The second-order valence-electron chi connectivity index (χ2n) is 4.52. The molecule has 0 radical (unpaired) electrons. The van der Waals surface area contributed by atoms with Crippen LogP contribution in [0.25, 0.3) is 0 Å². The van der Waals surface area contributed by atoms with E-state index in [1.165, 1.54) is 0 Å². The first-order valence-electron chi connectivity index (χ1n) is 5.04. The van der Waals surface area contributed by atoms with E-state index in [4.69, 9.17) is 3.25 Å². The molecule has 0 aliphatic heterocycles. The molecule has 0 atom stereocenters. The van der Waals surface area contributed by atoms with Crippen molar-refractivity contribution >= 4 is 14.0 Å². The number of rotatable bonds is 4. The summed E-state index contributed by atoms with van der Waals surface area (Å²) in [6.45, 7) is 5.58. The molecule has 0 heterocycles. The van der Waals surface area contributed by atoms with Gasteiger partial charge in [0.1, 0.15) is 0 Å². The molecule has 0 unspecified atom stereocenters. The Kier molecular flexibility index (Phi) is 4.85. The Hall–Kier alpha value is -0.530. The molecule has 9 heteroatoms. The third-order valence-corrected chi connectivity index (χ3v) is 10.4. The van der Waals surface area contributed by atoms with E-state index in [1.807, 2.05) is 19.6 Å². The van der Waals surface area contributed by atoms with Crippen LogP contribution in [0, 0.1) is 29.1 Å². The normalized spacial score (nSPS) is 11.3. The van der Waals surface area contributed by atoms with Crippen molar-refractivity contribution in [3.8, 4) is 0 Å². The molecule has 98 valence electrons. The topological polar surface area (TPSA) is 21.3 Å². The Labute approximate surface area is 110 Å². The molecule has 1 aromatic rings. The van der Waals surface area contributed by atoms with Crippen molar-refractivity contribution in [1.82, 2.24) is 0 Å². The summed E-state index contributed by atoms with van der Waals surface area (Å²) in [4.78, 5) is 0. The van der Waals surface area contributed by atoms with E-state index < -0.39 is 60.8 Å². The van der Waals surface area contributed by atoms with Gasteiger partial charge in [-0.1, -0.05) is 0 Å². The number of halogens is 5. The molecule has 1 aromatic carbocycles. The van der Waals surface area contributed by atoms with Crippen LogP contribution in [-0.2, 0) is 21.0 Å². The van der Waals surface area contributed by atoms with Crippen LogP contribution in [0.1, 0.15) is 0 Å². The first-order valence-corrected chi connectivity index (χ1v) is 11.1. The first kappa shape index (κ1) is 15.5. The summed E-state index contributed by atoms with van der Waals surface area (Å²) in [5.74, 6) is -9.76. The fourth-order valence-corrected chi connectivity index (χ4v) is 5.72. The Morgan fingerprint density at radius 3 is 1.61 bits per heavy atom. The Morgan fingerprint density at radius 2 is 1.22 bits per heavy atom. The monoisotopic (exact) mass is 335 g/mol. The van der Waals surface area contributed by atoms with Gasteiger partial charge in [-0.05, 0) is 0 Å². The maximum atomic E-state index is 13.2. The number of anilines is 1. The van der Waals surface area contributed by atoms with Gasteiger partial charge in [0, 0.05) is 0 Å². The minimum absolute atomic E-state index is 0.996. The Morgan fingerprint density at radius 1 is 0.833 bits per heavy atom. The van der Waals surface area contributed by atoms with Gasteiger partial charge in [-0.25, -0.2) is 0 Å². The van der Waals surface area contributed by atoms with Crippen molar-refractivity contribution in [2.45, 2.75) is 19.6 Å². The van der Waals surface area contributed by atoms with Gasteiger partial charge in [0.25, 0.3) is 0 Å². The summed E-state index contributed by atoms with van der Waals surface area (Å²) < 4.78 is 72.5. The van der Waals surface area contributed by atoms with Crippen LogP contribution in [0.3, 0.4) is 0 Å². The third kappa shape index (κ3) is 3.49. The molecular weight excluding hydrogens is 327 g/mol. The zero-order valence-electron chi connectivity index (χ0n) is 10.0. The van der Waals surface area contributed by atoms with Gasteiger partial charge in [0.15, 0.2) is 0 Å². The molecule has 0 spiro atoms. The van der Waals surface area contributed by atoms with Crippen LogP contribution >= 0.6 is 0 Å². The molecule has 0 amide bonds. The molecule has 0 aromatic heterocycles. The zero-order valence-corrected chi connectivity index (χ0v) is 14.0. The summed E-state index contributed by atoms with van der Waals surface area (Å²) in [7, 11) is -1.87. The Bertz CT molecular complexity index is 436. The van der Waals surface area contributed by atoms with E-state index >= 15 is 0 Å². The average molecular weight is 337 g/mol. The van der Waals surface area contributed by atoms with E-state index in [9.17, 15) is 22.0 Å². The zero-order chi connectivity index (χ0) is 14.1. The molecule has 0 aliphatic rings. The molecule has 1 N–H and O–H groups in total. The van der Waals surface area contributed by atoms with Crippen molar-refractivity contribution in [3.05, 3.63) is 29.1 Å². The van der Waals surface area contributed by atoms with Gasteiger partial charge in [-0.2, -0.15) is 0 Å². The third-order valence-electron chi connectivity index (χ3n) is 1.96. The van der Waals surface area contributed by atoms with Gasteiger partial charge < -0.3 is 0 Å². The molecule has 18 heavy (non-hydrogen) atoms. The van der Waals surface area contributed by atoms with Gasteiger partial charge >= 0.3 is 110 Å². The van der Waals surface area contributed by atoms with Gasteiger partial charge in [0.2, 0.25) is 0 Å². The van der Waals surface area contributed by atoms with E-state index in [0.717, 1.165) is 0 Å². The molecular formula is C9H10F5NOSiZn. The maximum absolute atomic E-state index is 13.2. The summed E-state index contributed by atoms with van der Waals surface area (Å²) in [6, 6.07) is 0. The molecule has 2 nitrogen and oxygen atoms in total. The number of nitrogens with one attached hydrogen (secondary N) is 1. The van der Waals surface area contributed by atoms with E-state index in [0.29, 0.717) is 0 Å². The van der Waals surface area contributed by atoms with Crippen LogP contribution in [0.5, 0.6) is 0 Å². The molecule has 0 bridgehead atoms. The summed E-state index contributed by atoms with van der Waals surface area (Å²) >= 11 is -2.05. The predicted molar refractivity (Wildman–Crippen MR) is 54.3 cm³/mol. The van der Waals surface area contributed by atoms with E-state index in [2.05, 4.69) is 4.06 Å².